The lowest BCUT2D eigenvalue weighted by molar-refractivity contribution is -0.149. The van der Waals surface area contributed by atoms with Gasteiger partial charge in [0.1, 0.15) is 5.41 Å². The third kappa shape index (κ3) is 2.83. The molecule has 1 aromatic carbocycles. The molecular weight excluding hydrogens is 322 g/mol. The summed E-state index contributed by atoms with van der Waals surface area (Å²) < 4.78 is 11.1. The number of aliphatic carboxylic acids is 1. The lowest BCUT2D eigenvalue weighted by Crippen LogP contribution is -2.37. The monoisotopic (exact) mass is 339 g/mol. The van der Waals surface area contributed by atoms with E-state index in [-0.39, 0.29) is 12.5 Å². The molecule has 2 N–H and O–H groups in total. The first-order valence-electron chi connectivity index (χ1n) is 7.55. The fourth-order valence-electron chi connectivity index (χ4n) is 2.86. The number of halogens is 1. The van der Waals surface area contributed by atoms with Crippen LogP contribution in [0.4, 0.5) is 0 Å². The second-order valence-corrected chi connectivity index (χ2v) is 6.43. The molecule has 1 heterocycles. The van der Waals surface area contributed by atoms with E-state index in [2.05, 4.69) is 5.32 Å². The molecule has 2 atom stereocenters. The van der Waals surface area contributed by atoms with Crippen LogP contribution in [0.1, 0.15) is 25.3 Å². The number of hydrogen-bond acceptors (Lipinski definition) is 4. The normalized spacial score (nSPS) is 25.4. The number of carboxylic acids is 1. The van der Waals surface area contributed by atoms with Gasteiger partial charge in [-0.05, 0) is 30.0 Å². The van der Waals surface area contributed by atoms with Crippen LogP contribution in [0.2, 0.25) is 5.02 Å². The summed E-state index contributed by atoms with van der Waals surface area (Å²) >= 11 is 6.20. The highest BCUT2D eigenvalue weighted by Gasteiger charge is 2.63. The van der Waals surface area contributed by atoms with Gasteiger partial charge in [0.25, 0.3) is 0 Å². The number of carbonyl (C=O) groups is 2. The van der Waals surface area contributed by atoms with E-state index < -0.39 is 17.3 Å². The number of amides is 1. The minimum absolute atomic E-state index is 0.146. The Morgan fingerprint density at radius 2 is 2.09 bits per heavy atom. The number of carbonyl (C=O) groups excluding carboxylic acids is 1. The number of carboxylic acid groups (broad SMARTS) is 1. The molecule has 0 aromatic heterocycles. The lowest BCUT2D eigenvalue weighted by Gasteiger charge is -2.14. The van der Waals surface area contributed by atoms with Gasteiger partial charge in [-0.2, -0.15) is 0 Å². The first kappa shape index (κ1) is 15.9. The van der Waals surface area contributed by atoms with Gasteiger partial charge in [0.15, 0.2) is 11.5 Å². The Hall–Kier alpha value is -1.95. The van der Waals surface area contributed by atoms with Gasteiger partial charge in [-0.25, -0.2) is 0 Å². The van der Waals surface area contributed by atoms with Crippen molar-refractivity contribution in [2.24, 2.45) is 11.3 Å². The van der Waals surface area contributed by atoms with Gasteiger partial charge in [-0.15, -0.1) is 0 Å². The summed E-state index contributed by atoms with van der Waals surface area (Å²) in [5, 5.41) is 12.4. The largest absolute Gasteiger partial charge is 0.489 e. The molecule has 124 valence electrons. The first-order valence-corrected chi connectivity index (χ1v) is 7.92. The molecule has 1 aliphatic carbocycles. The predicted molar refractivity (Wildman–Crippen MR) is 82.8 cm³/mol. The van der Waals surface area contributed by atoms with Gasteiger partial charge < -0.3 is 19.9 Å². The summed E-state index contributed by atoms with van der Waals surface area (Å²) in [7, 11) is 0. The van der Waals surface area contributed by atoms with E-state index in [0.717, 1.165) is 12.0 Å². The fraction of sp³-hybridized carbons (Fsp3) is 0.500. The van der Waals surface area contributed by atoms with Gasteiger partial charge in [-0.1, -0.05) is 18.5 Å². The molecule has 0 radical (unpaired) electrons. The molecule has 0 bridgehead atoms. The van der Waals surface area contributed by atoms with E-state index in [9.17, 15) is 14.7 Å². The molecular formula is C16H18ClNO5. The third-order valence-corrected chi connectivity index (χ3v) is 4.69. The van der Waals surface area contributed by atoms with Gasteiger partial charge in [0.2, 0.25) is 5.91 Å². The van der Waals surface area contributed by atoms with Crippen molar-refractivity contribution in [3.63, 3.8) is 0 Å². The van der Waals surface area contributed by atoms with Crippen molar-refractivity contribution in [1.29, 1.82) is 0 Å². The zero-order valence-corrected chi connectivity index (χ0v) is 13.5. The number of benzene rings is 1. The quantitative estimate of drug-likeness (QED) is 0.822. The molecule has 1 fully saturated rings. The maximum absolute atomic E-state index is 12.2. The van der Waals surface area contributed by atoms with Crippen LogP contribution >= 0.6 is 11.6 Å². The van der Waals surface area contributed by atoms with E-state index in [1.54, 1.807) is 19.1 Å². The van der Waals surface area contributed by atoms with Gasteiger partial charge in [-0.3, -0.25) is 9.59 Å². The number of fused-ring (bicyclic) bond motifs is 1. The van der Waals surface area contributed by atoms with Crippen molar-refractivity contribution >= 4 is 23.5 Å². The zero-order valence-electron chi connectivity index (χ0n) is 12.7. The van der Waals surface area contributed by atoms with Crippen LogP contribution < -0.4 is 14.8 Å². The van der Waals surface area contributed by atoms with Crippen molar-refractivity contribution in [3.8, 4) is 11.5 Å². The molecule has 2 unspecified atom stereocenters. The van der Waals surface area contributed by atoms with Crippen molar-refractivity contribution < 1.29 is 24.2 Å². The molecule has 1 aromatic rings. The zero-order chi connectivity index (χ0) is 16.6. The van der Waals surface area contributed by atoms with Crippen LogP contribution in [-0.4, -0.2) is 30.2 Å². The lowest BCUT2D eigenvalue weighted by atomic mass is 10.0. The molecule has 3 rings (SSSR count). The Kier molecular flexibility index (Phi) is 4.10. The van der Waals surface area contributed by atoms with Crippen LogP contribution in [0.15, 0.2) is 12.1 Å². The second-order valence-electron chi connectivity index (χ2n) is 6.02. The minimum atomic E-state index is -1.28. The van der Waals surface area contributed by atoms with Crippen LogP contribution in [0.5, 0.6) is 11.5 Å². The van der Waals surface area contributed by atoms with E-state index in [1.807, 2.05) is 0 Å². The van der Waals surface area contributed by atoms with Crippen LogP contribution in [0.25, 0.3) is 0 Å². The van der Waals surface area contributed by atoms with E-state index >= 15 is 0 Å². The fourth-order valence-corrected chi connectivity index (χ4v) is 3.15. The van der Waals surface area contributed by atoms with Crippen molar-refractivity contribution in [2.75, 3.05) is 13.2 Å². The number of hydrogen-bond donors (Lipinski definition) is 2. The predicted octanol–water partition coefficient (Wildman–Crippen LogP) is 2.23. The number of ether oxygens (including phenoxy) is 2. The Bertz CT molecular complexity index is 662. The van der Waals surface area contributed by atoms with Crippen LogP contribution in [0, 0.1) is 11.3 Å². The number of rotatable bonds is 4. The highest BCUT2D eigenvalue weighted by Crippen LogP contribution is 2.52. The van der Waals surface area contributed by atoms with E-state index in [4.69, 9.17) is 21.1 Å². The molecule has 1 aliphatic heterocycles. The van der Waals surface area contributed by atoms with Gasteiger partial charge in [0, 0.05) is 13.0 Å². The smallest absolute Gasteiger partial charge is 0.319 e. The Balaban J connectivity index is 1.72. The Labute approximate surface area is 138 Å². The van der Waals surface area contributed by atoms with Crippen molar-refractivity contribution in [3.05, 3.63) is 22.7 Å². The van der Waals surface area contributed by atoms with Gasteiger partial charge in [0.05, 0.1) is 18.2 Å². The van der Waals surface area contributed by atoms with Gasteiger partial charge >= 0.3 is 5.97 Å². The molecule has 0 saturated heterocycles. The average molecular weight is 340 g/mol. The van der Waals surface area contributed by atoms with E-state index in [0.29, 0.717) is 36.2 Å². The molecule has 2 aliphatic rings. The highest BCUT2D eigenvalue weighted by molar-refractivity contribution is 6.32. The molecule has 23 heavy (non-hydrogen) atoms. The summed E-state index contributed by atoms with van der Waals surface area (Å²) in [6.07, 6.45) is 1.14. The van der Waals surface area contributed by atoms with E-state index in [1.165, 1.54) is 0 Å². The Morgan fingerprint density at radius 1 is 1.39 bits per heavy atom. The van der Waals surface area contributed by atoms with Crippen molar-refractivity contribution in [2.45, 2.75) is 26.3 Å². The first-order chi connectivity index (χ1) is 10.9. The summed E-state index contributed by atoms with van der Waals surface area (Å²) in [5.41, 5.74) is -0.545. The highest BCUT2D eigenvalue weighted by atomic mass is 35.5. The van der Waals surface area contributed by atoms with Crippen LogP contribution in [0.3, 0.4) is 0 Å². The molecule has 6 nitrogen and oxygen atoms in total. The summed E-state index contributed by atoms with van der Waals surface area (Å²) in [6, 6.07) is 3.45. The Morgan fingerprint density at radius 3 is 2.74 bits per heavy atom. The molecule has 7 heteroatoms. The third-order valence-electron chi connectivity index (χ3n) is 4.41. The standard InChI is InChI=1S/C16H18ClNO5/c1-9-7-16(9,15(20)21)14(19)18-8-10-5-11(17)13-12(6-10)22-3-2-4-23-13/h5-6,9H,2-4,7-8H2,1H3,(H,18,19)(H,20,21). The summed E-state index contributed by atoms with van der Waals surface area (Å²) in [5.74, 6) is -0.614. The SMILES string of the molecule is CC1CC1(C(=O)O)C(=O)NCc1cc(Cl)c2c(c1)OCCCO2. The summed E-state index contributed by atoms with van der Waals surface area (Å²) in [4.78, 5) is 23.5. The molecule has 1 saturated carbocycles. The maximum Gasteiger partial charge on any atom is 0.319 e. The number of nitrogens with one attached hydrogen (secondary N) is 1. The van der Waals surface area contributed by atoms with Crippen LogP contribution in [-0.2, 0) is 16.1 Å². The second kappa shape index (κ2) is 5.92. The van der Waals surface area contributed by atoms with Crippen molar-refractivity contribution in [1.82, 2.24) is 5.32 Å². The molecule has 0 spiro atoms. The maximum atomic E-state index is 12.2. The molecule has 1 amide bonds. The average Bonchev–Trinajstić information content (AvgIpc) is 3.23. The minimum Gasteiger partial charge on any atom is -0.489 e. The topological polar surface area (TPSA) is 84.9 Å². The summed E-state index contributed by atoms with van der Waals surface area (Å²) in [6.45, 7) is 3.04.